The van der Waals surface area contributed by atoms with Crippen LogP contribution in [-0.2, 0) is 17.1 Å². The first-order valence-electron chi connectivity index (χ1n) is 11.2. The highest BCUT2D eigenvalue weighted by Crippen LogP contribution is 2.43. The minimum Gasteiger partial charge on any atom is -0.481 e. The molecule has 1 N–H and O–H groups in total. The van der Waals surface area contributed by atoms with Crippen LogP contribution < -0.4 is 0 Å². The van der Waals surface area contributed by atoms with E-state index < -0.39 is 29.4 Å². The fourth-order valence-corrected chi connectivity index (χ4v) is 4.78. The molecule has 0 bridgehead atoms. The molecule has 3 atom stereocenters. The van der Waals surface area contributed by atoms with Crippen molar-refractivity contribution in [3.63, 3.8) is 0 Å². The molecule has 9 heteroatoms. The number of carboxylic acid groups (broad SMARTS) is 1. The fraction of sp³-hybridized carbons (Fsp3) is 0.480. The Hall–Kier alpha value is -2.55. The van der Waals surface area contributed by atoms with Gasteiger partial charge in [0.2, 0.25) is 0 Å². The van der Waals surface area contributed by atoms with Crippen LogP contribution in [0.1, 0.15) is 73.4 Å². The Labute approximate surface area is 194 Å². The SMILES string of the molecule is CCC[C@H](c1ccc(C(F)(F)F)cc1)N1CCC(CC(=O)O)CC1c1ccc(C(F)(F)F)cc1. The Morgan fingerprint density at radius 3 is 1.97 bits per heavy atom. The molecular weight excluding hydrogens is 460 g/mol. The summed E-state index contributed by atoms with van der Waals surface area (Å²) in [6.07, 6.45) is -6.53. The average molecular weight is 487 g/mol. The van der Waals surface area contributed by atoms with Crippen LogP contribution >= 0.6 is 0 Å². The molecule has 0 aliphatic carbocycles. The normalized spacial score (nSPS) is 20.8. The lowest BCUT2D eigenvalue weighted by Crippen LogP contribution is -2.40. The first-order chi connectivity index (χ1) is 15.9. The summed E-state index contributed by atoms with van der Waals surface area (Å²) in [4.78, 5) is 13.4. The van der Waals surface area contributed by atoms with Crippen molar-refractivity contribution >= 4 is 5.97 Å². The quantitative estimate of drug-likeness (QED) is 0.411. The van der Waals surface area contributed by atoms with Gasteiger partial charge in [-0.1, -0.05) is 37.6 Å². The highest BCUT2D eigenvalue weighted by molar-refractivity contribution is 5.67. The zero-order valence-corrected chi connectivity index (χ0v) is 18.7. The van der Waals surface area contributed by atoms with E-state index in [1.807, 2.05) is 6.92 Å². The topological polar surface area (TPSA) is 40.5 Å². The van der Waals surface area contributed by atoms with Gasteiger partial charge in [-0.3, -0.25) is 9.69 Å². The summed E-state index contributed by atoms with van der Waals surface area (Å²) >= 11 is 0. The summed E-state index contributed by atoms with van der Waals surface area (Å²) in [5.74, 6) is -1.08. The molecule has 34 heavy (non-hydrogen) atoms. The molecule has 0 amide bonds. The van der Waals surface area contributed by atoms with Gasteiger partial charge in [0.1, 0.15) is 0 Å². The summed E-state index contributed by atoms with van der Waals surface area (Å²) in [5.41, 5.74) is -0.181. The van der Waals surface area contributed by atoms with Gasteiger partial charge < -0.3 is 5.11 Å². The largest absolute Gasteiger partial charge is 0.481 e. The van der Waals surface area contributed by atoms with Crippen LogP contribution in [0.25, 0.3) is 0 Å². The smallest absolute Gasteiger partial charge is 0.416 e. The Morgan fingerprint density at radius 1 is 0.971 bits per heavy atom. The maximum Gasteiger partial charge on any atom is 0.416 e. The van der Waals surface area contributed by atoms with Gasteiger partial charge in [-0.2, -0.15) is 26.3 Å². The standard InChI is InChI=1S/C25H27F6NO2/c1-2-3-21(17-4-8-19(9-5-17)24(26,27)28)32-13-12-16(15-23(33)34)14-22(32)18-6-10-20(11-7-18)25(29,30)31/h4-11,16,21-22H,2-3,12-15H2,1H3,(H,33,34)/t16?,21-,22?/m1/s1. The van der Waals surface area contributed by atoms with Gasteiger partial charge in [-0.05, 0) is 67.1 Å². The molecule has 1 fully saturated rings. The number of rotatable bonds is 7. The summed E-state index contributed by atoms with van der Waals surface area (Å²) < 4.78 is 78.3. The van der Waals surface area contributed by atoms with E-state index in [1.165, 1.54) is 24.3 Å². The number of hydrogen-bond acceptors (Lipinski definition) is 2. The average Bonchev–Trinajstić information content (AvgIpc) is 2.76. The zero-order chi connectivity index (χ0) is 25.1. The second-order valence-electron chi connectivity index (χ2n) is 8.79. The molecule has 0 radical (unpaired) electrons. The molecule has 2 unspecified atom stereocenters. The van der Waals surface area contributed by atoms with Crippen molar-refractivity contribution in [2.75, 3.05) is 6.54 Å². The molecule has 1 saturated heterocycles. The predicted molar refractivity (Wildman–Crippen MR) is 115 cm³/mol. The van der Waals surface area contributed by atoms with Crippen LogP contribution in [-0.4, -0.2) is 22.5 Å². The zero-order valence-electron chi connectivity index (χ0n) is 18.7. The minimum atomic E-state index is -4.47. The summed E-state index contributed by atoms with van der Waals surface area (Å²) in [6.45, 7) is 2.46. The summed E-state index contributed by atoms with van der Waals surface area (Å²) in [7, 11) is 0. The first-order valence-corrected chi connectivity index (χ1v) is 11.2. The Kier molecular flexibility index (Phi) is 7.95. The number of carboxylic acids is 1. The molecule has 1 aliphatic rings. The third-order valence-corrected chi connectivity index (χ3v) is 6.42. The number of piperidine rings is 1. The van der Waals surface area contributed by atoms with E-state index >= 15 is 0 Å². The number of aliphatic carboxylic acids is 1. The highest BCUT2D eigenvalue weighted by Gasteiger charge is 2.37. The number of halogens is 6. The van der Waals surface area contributed by atoms with E-state index in [1.54, 1.807) is 0 Å². The lowest BCUT2D eigenvalue weighted by atomic mass is 9.82. The Morgan fingerprint density at radius 2 is 1.50 bits per heavy atom. The Bertz CT molecular complexity index is 953. The Balaban J connectivity index is 1.96. The van der Waals surface area contributed by atoms with E-state index in [2.05, 4.69) is 4.90 Å². The van der Waals surface area contributed by atoms with Crippen molar-refractivity contribution in [3.8, 4) is 0 Å². The number of hydrogen-bond donors (Lipinski definition) is 1. The van der Waals surface area contributed by atoms with E-state index in [4.69, 9.17) is 0 Å². The van der Waals surface area contributed by atoms with Crippen LogP contribution in [0.3, 0.4) is 0 Å². The van der Waals surface area contributed by atoms with Crippen LogP contribution in [0.2, 0.25) is 0 Å². The van der Waals surface area contributed by atoms with Gasteiger partial charge in [0.05, 0.1) is 11.1 Å². The monoisotopic (exact) mass is 487 g/mol. The van der Waals surface area contributed by atoms with Gasteiger partial charge in [0.25, 0.3) is 0 Å². The molecule has 1 aliphatic heterocycles. The highest BCUT2D eigenvalue weighted by atomic mass is 19.4. The summed E-state index contributed by atoms with van der Waals surface area (Å²) in [6, 6.07) is 9.27. The maximum atomic E-state index is 13.1. The van der Waals surface area contributed by atoms with Crippen LogP contribution in [0, 0.1) is 5.92 Å². The van der Waals surface area contributed by atoms with Gasteiger partial charge in [0, 0.05) is 18.5 Å². The molecule has 0 aromatic heterocycles. The number of nitrogens with zero attached hydrogens (tertiary/aromatic N) is 1. The fourth-order valence-electron chi connectivity index (χ4n) is 4.78. The van der Waals surface area contributed by atoms with Gasteiger partial charge in [-0.15, -0.1) is 0 Å². The lowest BCUT2D eigenvalue weighted by molar-refractivity contribution is -0.139. The molecule has 0 saturated carbocycles. The molecule has 3 nitrogen and oxygen atoms in total. The molecule has 2 aromatic carbocycles. The number of benzene rings is 2. The third kappa shape index (κ3) is 6.31. The third-order valence-electron chi connectivity index (χ3n) is 6.42. The molecule has 0 spiro atoms. The summed E-state index contributed by atoms with van der Waals surface area (Å²) in [5, 5.41) is 9.25. The molecule has 1 heterocycles. The van der Waals surface area contributed by atoms with Crippen LogP contribution in [0.4, 0.5) is 26.3 Å². The van der Waals surface area contributed by atoms with Crippen molar-refractivity contribution in [1.29, 1.82) is 0 Å². The van der Waals surface area contributed by atoms with Crippen molar-refractivity contribution in [1.82, 2.24) is 4.90 Å². The van der Waals surface area contributed by atoms with Crippen LogP contribution in [0.5, 0.6) is 0 Å². The van der Waals surface area contributed by atoms with Crippen molar-refractivity contribution < 1.29 is 36.2 Å². The van der Waals surface area contributed by atoms with Crippen molar-refractivity contribution in [2.24, 2.45) is 5.92 Å². The van der Waals surface area contributed by atoms with Gasteiger partial charge in [0.15, 0.2) is 0 Å². The number of alkyl halides is 6. The number of likely N-dealkylation sites (tertiary alicyclic amines) is 1. The van der Waals surface area contributed by atoms with E-state index in [9.17, 15) is 36.2 Å². The predicted octanol–water partition coefficient (Wildman–Crippen LogP) is 7.49. The molecule has 2 aromatic rings. The lowest BCUT2D eigenvalue weighted by Gasteiger charge is -2.44. The second kappa shape index (κ2) is 10.4. The van der Waals surface area contributed by atoms with Crippen molar-refractivity contribution in [2.45, 2.75) is 63.5 Å². The molecule has 3 rings (SSSR count). The van der Waals surface area contributed by atoms with E-state index in [0.29, 0.717) is 36.9 Å². The van der Waals surface area contributed by atoms with Crippen molar-refractivity contribution in [3.05, 3.63) is 70.8 Å². The maximum absolute atomic E-state index is 13.1. The second-order valence-corrected chi connectivity index (χ2v) is 8.79. The minimum absolute atomic E-state index is 0.0380. The van der Waals surface area contributed by atoms with Gasteiger partial charge in [-0.25, -0.2) is 0 Å². The molecule has 186 valence electrons. The molecular formula is C25H27F6NO2. The van der Waals surface area contributed by atoms with Crippen LogP contribution in [0.15, 0.2) is 48.5 Å². The number of carbonyl (C=O) groups is 1. The van der Waals surface area contributed by atoms with E-state index in [0.717, 1.165) is 30.7 Å². The first kappa shape index (κ1) is 26.1. The van der Waals surface area contributed by atoms with E-state index in [-0.39, 0.29) is 24.4 Å². The van der Waals surface area contributed by atoms with Gasteiger partial charge >= 0.3 is 18.3 Å².